The van der Waals surface area contributed by atoms with Crippen LogP contribution in [-0.2, 0) is 30.6 Å². The molecule has 3 heterocycles. The number of hydrogen-bond acceptors (Lipinski definition) is 7. The van der Waals surface area contributed by atoms with E-state index in [1.54, 1.807) is 19.1 Å². The van der Waals surface area contributed by atoms with Gasteiger partial charge in [0.2, 0.25) is 11.6 Å². The van der Waals surface area contributed by atoms with E-state index in [4.69, 9.17) is 4.42 Å². The number of furan rings is 1. The molecule has 176 valence electrons. The summed E-state index contributed by atoms with van der Waals surface area (Å²) in [4.78, 5) is 34.9. The molecule has 0 fully saturated rings. The highest BCUT2D eigenvalue weighted by Gasteiger charge is 2.44. The largest absolute Gasteiger partial charge is 0.467 e. The van der Waals surface area contributed by atoms with Gasteiger partial charge in [-0.3, -0.25) is 29.1 Å². The Morgan fingerprint density at radius 2 is 2.03 bits per heavy atom. The summed E-state index contributed by atoms with van der Waals surface area (Å²) in [7, 11) is 0. The predicted molar refractivity (Wildman–Crippen MR) is 105 cm³/mol. The summed E-state index contributed by atoms with van der Waals surface area (Å²) in [6.45, 7) is 2.47. The number of amides is 2. The lowest BCUT2D eigenvalue weighted by Crippen LogP contribution is -2.26. The number of anilines is 1. The first kappa shape index (κ1) is 23.5. The van der Waals surface area contributed by atoms with Crippen molar-refractivity contribution in [2.75, 3.05) is 5.32 Å². The summed E-state index contributed by atoms with van der Waals surface area (Å²) in [5.41, 5.74) is -3.49. The average molecular weight is 469 g/mol. The van der Waals surface area contributed by atoms with Crippen molar-refractivity contribution in [3.63, 3.8) is 0 Å². The van der Waals surface area contributed by atoms with Crippen LogP contribution >= 0.6 is 0 Å². The van der Waals surface area contributed by atoms with Crippen LogP contribution in [0, 0.1) is 17.0 Å². The molecule has 0 atom stereocenters. The minimum atomic E-state index is -5.07. The van der Waals surface area contributed by atoms with Crippen molar-refractivity contribution in [2.24, 2.45) is 0 Å². The monoisotopic (exact) mass is 469 g/mol. The van der Waals surface area contributed by atoms with E-state index in [9.17, 15) is 32.9 Å². The summed E-state index contributed by atoms with van der Waals surface area (Å²) >= 11 is 0. The van der Waals surface area contributed by atoms with E-state index in [1.165, 1.54) is 17.1 Å². The third-order valence-electron chi connectivity index (χ3n) is 4.50. The van der Waals surface area contributed by atoms with Crippen LogP contribution in [0.1, 0.15) is 34.6 Å². The van der Waals surface area contributed by atoms with E-state index in [-0.39, 0.29) is 17.9 Å². The second-order valence-electron chi connectivity index (χ2n) is 6.75. The van der Waals surface area contributed by atoms with Gasteiger partial charge in [0.15, 0.2) is 5.69 Å². The van der Waals surface area contributed by atoms with E-state index < -0.39 is 46.5 Å². The molecule has 0 bridgehead atoms. The molecule has 0 saturated carbocycles. The van der Waals surface area contributed by atoms with Crippen molar-refractivity contribution >= 4 is 23.2 Å². The molecule has 2 amide bonds. The molecule has 0 aliphatic carbocycles. The number of hydrogen-bond donors (Lipinski definition) is 2. The number of nitrogens with one attached hydrogen (secondary N) is 2. The maximum Gasteiger partial charge on any atom is 0.442 e. The number of rotatable bonds is 8. The third kappa shape index (κ3) is 5.19. The zero-order chi connectivity index (χ0) is 24.3. The number of halogens is 3. The highest BCUT2D eigenvalue weighted by atomic mass is 19.4. The number of aryl methyl sites for hydroxylation is 1. The second kappa shape index (κ2) is 9.13. The standard InChI is InChI=1S/C18H18F3N7O5/c1-3-26-8-12(14(24-26)17(30)22-7-11-5-4-6-33-11)23-13(29)9-27-10(2)15(28(31)32)16(25-27)18(19,20)21/h4-6,8H,3,7,9H2,1-2H3,(H,22,30)(H,23,29). The zero-order valence-corrected chi connectivity index (χ0v) is 17.3. The lowest BCUT2D eigenvalue weighted by atomic mass is 10.3. The minimum absolute atomic E-state index is 0.00847. The van der Waals surface area contributed by atoms with E-state index in [2.05, 4.69) is 20.8 Å². The molecular formula is C18H18F3N7O5. The van der Waals surface area contributed by atoms with Crippen LogP contribution in [0.4, 0.5) is 24.5 Å². The first-order valence-corrected chi connectivity index (χ1v) is 9.48. The molecule has 0 aliphatic rings. The van der Waals surface area contributed by atoms with Gasteiger partial charge in [0.1, 0.15) is 18.0 Å². The topological polar surface area (TPSA) is 150 Å². The van der Waals surface area contributed by atoms with Crippen molar-refractivity contribution in [3.05, 3.63) is 57.5 Å². The maximum atomic E-state index is 13.1. The van der Waals surface area contributed by atoms with Gasteiger partial charge in [-0.2, -0.15) is 23.4 Å². The van der Waals surface area contributed by atoms with E-state index in [0.29, 0.717) is 17.0 Å². The first-order chi connectivity index (χ1) is 15.5. The Morgan fingerprint density at radius 3 is 2.58 bits per heavy atom. The summed E-state index contributed by atoms with van der Waals surface area (Å²) in [6, 6.07) is 3.29. The molecular weight excluding hydrogens is 451 g/mol. The van der Waals surface area contributed by atoms with Crippen LogP contribution in [0.3, 0.4) is 0 Å². The number of aromatic nitrogens is 4. The molecule has 3 aromatic rings. The Kier molecular flexibility index (Phi) is 6.50. The molecule has 15 heteroatoms. The Morgan fingerprint density at radius 1 is 1.30 bits per heavy atom. The van der Waals surface area contributed by atoms with Crippen molar-refractivity contribution in [1.29, 1.82) is 0 Å². The van der Waals surface area contributed by atoms with Gasteiger partial charge in [0.25, 0.3) is 5.91 Å². The molecule has 3 aromatic heterocycles. The van der Waals surface area contributed by atoms with Crippen LogP contribution in [0.25, 0.3) is 0 Å². The Bertz CT molecular complexity index is 1180. The normalized spacial score (nSPS) is 11.4. The van der Waals surface area contributed by atoms with E-state index >= 15 is 0 Å². The number of alkyl halides is 3. The van der Waals surface area contributed by atoms with Crippen LogP contribution in [0.15, 0.2) is 29.0 Å². The van der Waals surface area contributed by atoms with Crippen molar-refractivity contribution < 1.29 is 32.1 Å². The van der Waals surface area contributed by atoms with Crippen LogP contribution in [0.5, 0.6) is 0 Å². The van der Waals surface area contributed by atoms with Crippen LogP contribution in [0.2, 0.25) is 0 Å². The first-order valence-electron chi connectivity index (χ1n) is 9.48. The molecule has 0 unspecified atom stereocenters. The van der Waals surface area contributed by atoms with Gasteiger partial charge in [-0.05, 0) is 26.0 Å². The summed E-state index contributed by atoms with van der Waals surface area (Å²) in [6.07, 6.45) is -2.26. The molecule has 0 aliphatic heterocycles. The smallest absolute Gasteiger partial charge is 0.442 e. The number of carbonyl (C=O) groups excluding carboxylic acids is 2. The Hall–Kier alpha value is -4.17. The van der Waals surface area contributed by atoms with Gasteiger partial charge in [-0.25, -0.2) is 0 Å². The third-order valence-corrected chi connectivity index (χ3v) is 4.50. The number of nitrogens with zero attached hydrogens (tertiary/aromatic N) is 5. The van der Waals surface area contributed by atoms with Crippen LogP contribution in [-0.4, -0.2) is 36.3 Å². The van der Waals surface area contributed by atoms with Gasteiger partial charge in [0, 0.05) is 12.7 Å². The summed E-state index contributed by atoms with van der Waals surface area (Å²) in [5, 5.41) is 23.3. The van der Waals surface area contributed by atoms with Crippen LogP contribution < -0.4 is 10.6 Å². The highest BCUT2D eigenvalue weighted by molar-refractivity contribution is 6.02. The average Bonchev–Trinajstić information content (AvgIpc) is 3.45. The fraction of sp³-hybridized carbons (Fsp3) is 0.333. The molecule has 3 rings (SSSR count). The number of carbonyl (C=O) groups is 2. The van der Waals surface area contributed by atoms with E-state index in [1.807, 2.05) is 0 Å². The zero-order valence-electron chi connectivity index (χ0n) is 17.3. The van der Waals surface area contributed by atoms with Gasteiger partial charge >= 0.3 is 11.9 Å². The van der Waals surface area contributed by atoms with Gasteiger partial charge in [0.05, 0.1) is 23.4 Å². The quantitative estimate of drug-likeness (QED) is 0.380. The molecule has 12 nitrogen and oxygen atoms in total. The number of nitro groups is 1. The highest BCUT2D eigenvalue weighted by Crippen LogP contribution is 2.36. The van der Waals surface area contributed by atoms with Gasteiger partial charge in [-0.15, -0.1) is 0 Å². The molecule has 0 radical (unpaired) electrons. The lowest BCUT2D eigenvalue weighted by Gasteiger charge is -2.07. The fourth-order valence-electron chi connectivity index (χ4n) is 2.93. The Balaban J connectivity index is 1.79. The van der Waals surface area contributed by atoms with E-state index in [0.717, 1.165) is 6.92 Å². The van der Waals surface area contributed by atoms with Crippen molar-refractivity contribution in [1.82, 2.24) is 24.9 Å². The Labute approximate surface area is 183 Å². The minimum Gasteiger partial charge on any atom is -0.467 e. The molecule has 0 spiro atoms. The second-order valence-corrected chi connectivity index (χ2v) is 6.75. The van der Waals surface area contributed by atoms with Crippen molar-refractivity contribution in [2.45, 2.75) is 39.7 Å². The molecule has 2 N–H and O–H groups in total. The van der Waals surface area contributed by atoms with Gasteiger partial charge < -0.3 is 15.1 Å². The maximum absolute atomic E-state index is 13.1. The summed E-state index contributed by atoms with van der Waals surface area (Å²) in [5.74, 6) is -1.00. The lowest BCUT2D eigenvalue weighted by molar-refractivity contribution is -0.388. The van der Waals surface area contributed by atoms with Crippen molar-refractivity contribution in [3.8, 4) is 0 Å². The predicted octanol–water partition coefficient (Wildman–Crippen LogP) is 2.50. The SMILES string of the molecule is CCn1cc(NC(=O)Cn2nc(C(F)(F)F)c([N+](=O)[O-])c2C)c(C(=O)NCc2ccco2)n1. The summed E-state index contributed by atoms with van der Waals surface area (Å²) < 4.78 is 46.4. The molecule has 0 aromatic carbocycles. The fourth-order valence-corrected chi connectivity index (χ4v) is 2.93. The molecule has 33 heavy (non-hydrogen) atoms. The molecule has 0 saturated heterocycles. The van der Waals surface area contributed by atoms with Gasteiger partial charge in [-0.1, -0.05) is 0 Å².